The third kappa shape index (κ3) is 2.15. The first kappa shape index (κ1) is 11.7. The van der Waals surface area contributed by atoms with E-state index in [4.69, 9.17) is 0 Å². The van der Waals surface area contributed by atoms with Crippen LogP contribution in [-0.4, -0.2) is 10.9 Å². The van der Waals surface area contributed by atoms with E-state index in [-0.39, 0.29) is 11.0 Å². The standard InChI is InChI=1S/C14H10N2O2S/c17-12-10(8-15-11-6-7-19-13(11)12)14(18)16-9-4-2-1-3-5-9/h1-8H,(H,15,17)(H,16,18). The summed E-state index contributed by atoms with van der Waals surface area (Å²) in [5.41, 5.74) is 1.31. The van der Waals surface area contributed by atoms with Crippen molar-refractivity contribution in [3.63, 3.8) is 0 Å². The van der Waals surface area contributed by atoms with E-state index in [0.717, 1.165) is 5.52 Å². The number of carbonyl (C=O) groups excluding carboxylic acids is 1. The number of rotatable bonds is 2. The van der Waals surface area contributed by atoms with Gasteiger partial charge < -0.3 is 10.3 Å². The minimum Gasteiger partial charge on any atom is -0.359 e. The molecule has 0 bridgehead atoms. The second kappa shape index (κ2) is 4.70. The SMILES string of the molecule is O=C(Nc1ccccc1)c1c[nH]c2ccsc2c1=O. The molecular weight excluding hydrogens is 260 g/mol. The van der Waals surface area contributed by atoms with Crippen molar-refractivity contribution in [2.24, 2.45) is 0 Å². The molecule has 0 unspecified atom stereocenters. The van der Waals surface area contributed by atoms with Gasteiger partial charge in [-0.25, -0.2) is 0 Å². The lowest BCUT2D eigenvalue weighted by Crippen LogP contribution is -2.21. The number of fused-ring (bicyclic) bond motifs is 1. The summed E-state index contributed by atoms with van der Waals surface area (Å²) < 4.78 is 0.570. The number of hydrogen-bond acceptors (Lipinski definition) is 3. The molecule has 5 heteroatoms. The Kier molecular flexibility index (Phi) is 2.89. The molecule has 2 heterocycles. The zero-order valence-corrected chi connectivity index (χ0v) is 10.7. The molecule has 0 spiro atoms. The molecule has 0 aliphatic carbocycles. The van der Waals surface area contributed by atoms with Crippen molar-refractivity contribution in [2.45, 2.75) is 0 Å². The van der Waals surface area contributed by atoms with E-state index in [0.29, 0.717) is 10.4 Å². The average molecular weight is 270 g/mol. The summed E-state index contributed by atoms with van der Waals surface area (Å²) in [4.78, 5) is 27.2. The highest BCUT2D eigenvalue weighted by molar-refractivity contribution is 7.17. The van der Waals surface area contributed by atoms with Gasteiger partial charge in [0.25, 0.3) is 5.91 Å². The molecule has 19 heavy (non-hydrogen) atoms. The first-order valence-electron chi connectivity index (χ1n) is 5.71. The van der Waals surface area contributed by atoms with E-state index in [9.17, 15) is 9.59 Å². The maximum atomic E-state index is 12.2. The Bertz CT molecular complexity index is 790. The highest BCUT2D eigenvalue weighted by Crippen LogP contribution is 2.15. The number of hydrogen-bond donors (Lipinski definition) is 2. The van der Waals surface area contributed by atoms with E-state index < -0.39 is 5.91 Å². The van der Waals surface area contributed by atoms with Gasteiger partial charge in [0.15, 0.2) is 0 Å². The maximum Gasteiger partial charge on any atom is 0.261 e. The Morgan fingerprint density at radius 3 is 2.74 bits per heavy atom. The third-order valence-corrected chi connectivity index (χ3v) is 3.68. The predicted octanol–water partition coefficient (Wildman–Crippen LogP) is 2.84. The Hall–Kier alpha value is -2.40. The Morgan fingerprint density at radius 2 is 1.95 bits per heavy atom. The smallest absolute Gasteiger partial charge is 0.261 e. The average Bonchev–Trinajstić information content (AvgIpc) is 2.89. The number of H-pyrrole nitrogens is 1. The number of nitrogens with one attached hydrogen (secondary N) is 2. The van der Waals surface area contributed by atoms with Crippen molar-refractivity contribution in [1.29, 1.82) is 0 Å². The van der Waals surface area contributed by atoms with Crippen molar-refractivity contribution in [2.75, 3.05) is 5.32 Å². The lowest BCUT2D eigenvalue weighted by atomic mass is 10.2. The van der Waals surface area contributed by atoms with E-state index in [1.165, 1.54) is 17.5 Å². The summed E-state index contributed by atoms with van der Waals surface area (Å²) in [6.07, 6.45) is 1.45. The molecule has 4 nitrogen and oxygen atoms in total. The Labute approximate surface area is 112 Å². The molecule has 0 saturated carbocycles. The topological polar surface area (TPSA) is 62.0 Å². The minimum atomic E-state index is -0.400. The van der Waals surface area contributed by atoms with Gasteiger partial charge in [0.05, 0.1) is 10.2 Å². The third-order valence-electron chi connectivity index (χ3n) is 2.76. The monoisotopic (exact) mass is 270 g/mol. The number of carbonyl (C=O) groups is 1. The van der Waals surface area contributed by atoms with Crippen molar-refractivity contribution in [1.82, 2.24) is 4.98 Å². The highest BCUT2D eigenvalue weighted by atomic mass is 32.1. The van der Waals surface area contributed by atoms with Crippen LogP contribution in [0.25, 0.3) is 10.2 Å². The Morgan fingerprint density at radius 1 is 1.16 bits per heavy atom. The lowest BCUT2D eigenvalue weighted by molar-refractivity contribution is 0.102. The maximum absolute atomic E-state index is 12.2. The zero-order chi connectivity index (χ0) is 13.2. The molecule has 0 aliphatic rings. The number of para-hydroxylation sites is 1. The van der Waals surface area contributed by atoms with Crippen LogP contribution >= 0.6 is 11.3 Å². The fourth-order valence-corrected chi connectivity index (χ4v) is 2.64. The number of pyridine rings is 1. The van der Waals surface area contributed by atoms with Crippen LogP contribution in [0.4, 0.5) is 5.69 Å². The molecule has 2 N–H and O–H groups in total. The predicted molar refractivity (Wildman–Crippen MR) is 76.8 cm³/mol. The van der Waals surface area contributed by atoms with Gasteiger partial charge in [0, 0.05) is 11.9 Å². The number of thiophene rings is 1. The molecule has 1 amide bonds. The normalized spacial score (nSPS) is 10.5. The van der Waals surface area contributed by atoms with Gasteiger partial charge in [0.2, 0.25) is 5.43 Å². The van der Waals surface area contributed by atoms with Crippen molar-refractivity contribution in [3.8, 4) is 0 Å². The van der Waals surface area contributed by atoms with Crippen molar-refractivity contribution < 1.29 is 4.79 Å². The molecule has 3 rings (SSSR count). The molecule has 0 atom stereocenters. The summed E-state index contributed by atoms with van der Waals surface area (Å²) in [5, 5.41) is 4.52. The summed E-state index contributed by atoms with van der Waals surface area (Å²) in [5.74, 6) is -0.400. The van der Waals surface area contributed by atoms with Crippen LogP contribution in [0.1, 0.15) is 10.4 Å². The summed E-state index contributed by atoms with van der Waals surface area (Å²) >= 11 is 1.33. The largest absolute Gasteiger partial charge is 0.359 e. The van der Waals surface area contributed by atoms with Crippen LogP contribution in [0.5, 0.6) is 0 Å². The van der Waals surface area contributed by atoms with Gasteiger partial charge in [-0.15, -0.1) is 11.3 Å². The van der Waals surface area contributed by atoms with Crippen LogP contribution in [0.15, 0.2) is 52.8 Å². The molecule has 0 aliphatic heterocycles. The summed E-state index contributed by atoms with van der Waals surface area (Å²) in [7, 11) is 0. The molecule has 0 saturated heterocycles. The molecule has 0 fully saturated rings. The van der Waals surface area contributed by atoms with Crippen LogP contribution in [0.2, 0.25) is 0 Å². The minimum absolute atomic E-state index is 0.124. The fraction of sp³-hybridized carbons (Fsp3) is 0. The van der Waals surface area contributed by atoms with Crippen molar-refractivity contribution >= 4 is 33.1 Å². The zero-order valence-electron chi connectivity index (χ0n) is 9.84. The van der Waals surface area contributed by atoms with Crippen LogP contribution in [-0.2, 0) is 0 Å². The van der Waals surface area contributed by atoms with Gasteiger partial charge in [-0.2, -0.15) is 0 Å². The van der Waals surface area contributed by atoms with Crippen LogP contribution < -0.4 is 10.7 Å². The molecule has 1 aromatic carbocycles. The number of anilines is 1. The number of amides is 1. The van der Waals surface area contributed by atoms with Crippen LogP contribution in [0, 0.1) is 0 Å². The summed E-state index contributed by atoms with van der Waals surface area (Å²) in [6, 6.07) is 10.9. The van der Waals surface area contributed by atoms with E-state index >= 15 is 0 Å². The first-order valence-corrected chi connectivity index (χ1v) is 6.59. The van der Waals surface area contributed by atoms with E-state index in [2.05, 4.69) is 10.3 Å². The van der Waals surface area contributed by atoms with E-state index in [1.54, 1.807) is 12.1 Å². The van der Waals surface area contributed by atoms with Gasteiger partial charge in [0.1, 0.15) is 5.56 Å². The van der Waals surface area contributed by atoms with Gasteiger partial charge in [-0.3, -0.25) is 9.59 Å². The van der Waals surface area contributed by atoms with E-state index in [1.807, 2.05) is 29.6 Å². The molecular formula is C14H10N2O2S. The number of benzene rings is 1. The number of aromatic nitrogens is 1. The first-order chi connectivity index (χ1) is 9.25. The Balaban J connectivity index is 1.98. The van der Waals surface area contributed by atoms with Gasteiger partial charge >= 0.3 is 0 Å². The second-order valence-corrected chi connectivity index (χ2v) is 4.93. The number of aromatic amines is 1. The highest BCUT2D eigenvalue weighted by Gasteiger charge is 2.13. The molecule has 3 aromatic rings. The van der Waals surface area contributed by atoms with Gasteiger partial charge in [-0.1, -0.05) is 18.2 Å². The quantitative estimate of drug-likeness (QED) is 0.752. The van der Waals surface area contributed by atoms with Crippen molar-refractivity contribution in [3.05, 3.63) is 63.8 Å². The molecule has 0 radical (unpaired) electrons. The molecule has 2 aromatic heterocycles. The fourth-order valence-electron chi connectivity index (χ4n) is 1.83. The van der Waals surface area contributed by atoms with Gasteiger partial charge in [-0.05, 0) is 23.6 Å². The second-order valence-electron chi connectivity index (χ2n) is 4.02. The lowest BCUT2D eigenvalue weighted by Gasteiger charge is -2.04. The summed E-state index contributed by atoms with van der Waals surface area (Å²) in [6.45, 7) is 0. The molecule has 94 valence electrons. The van der Waals surface area contributed by atoms with Crippen LogP contribution in [0.3, 0.4) is 0 Å².